The zero-order chi connectivity index (χ0) is 9.40. The minimum absolute atomic E-state index is 0.486. The first kappa shape index (κ1) is 11.6. The van der Waals surface area contributed by atoms with Crippen molar-refractivity contribution in [1.82, 2.24) is 4.90 Å². The first-order chi connectivity index (χ1) is 5.72. The molecule has 0 fully saturated rings. The Morgan fingerprint density at radius 2 is 2.08 bits per heavy atom. The Morgan fingerprint density at radius 3 is 2.50 bits per heavy atom. The van der Waals surface area contributed by atoms with Gasteiger partial charge < -0.3 is 9.53 Å². The quantitative estimate of drug-likeness (QED) is 0.536. The van der Waals surface area contributed by atoms with Crippen LogP contribution in [0.3, 0.4) is 0 Å². The molecular formula is C9H19NO2. The van der Waals surface area contributed by atoms with Crippen molar-refractivity contribution < 1.29 is 9.53 Å². The Hall–Kier alpha value is -0.410. The molecule has 0 saturated heterocycles. The highest BCUT2D eigenvalue weighted by molar-refractivity contribution is 5.49. The molecule has 0 atom stereocenters. The van der Waals surface area contributed by atoms with Crippen LogP contribution < -0.4 is 0 Å². The number of aldehydes is 1. The Labute approximate surface area is 74.7 Å². The fourth-order valence-electron chi connectivity index (χ4n) is 1.06. The maximum Gasteiger partial charge on any atom is 0.121 e. The molecule has 12 heavy (non-hydrogen) atoms. The molecule has 0 heterocycles. The molecule has 0 spiro atoms. The van der Waals surface area contributed by atoms with E-state index >= 15 is 0 Å². The van der Waals surface area contributed by atoms with Crippen molar-refractivity contribution in [2.24, 2.45) is 0 Å². The van der Waals surface area contributed by atoms with Crippen molar-refractivity contribution in [2.75, 3.05) is 26.8 Å². The van der Waals surface area contributed by atoms with Gasteiger partial charge in [-0.2, -0.15) is 0 Å². The maximum atomic E-state index is 10.1. The van der Waals surface area contributed by atoms with E-state index in [1.807, 2.05) is 0 Å². The third-order valence-electron chi connectivity index (χ3n) is 1.85. The van der Waals surface area contributed by atoms with Crippen LogP contribution in [-0.4, -0.2) is 44.0 Å². The lowest BCUT2D eigenvalue weighted by atomic mass is 10.3. The largest absolute Gasteiger partial charge is 0.383 e. The number of ether oxygens (including phenoxy) is 1. The van der Waals surface area contributed by atoms with Gasteiger partial charge in [0.05, 0.1) is 6.61 Å². The standard InChI is InChI=1S/C9H19NO2/c1-9(2)10(5-4-7-11)6-8-12-3/h7,9H,4-6,8H2,1-3H3. The summed E-state index contributed by atoms with van der Waals surface area (Å²) < 4.78 is 4.97. The molecule has 0 saturated carbocycles. The van der Waals surface area contributed by atoms with Crippen molar-refractivity contribution in [3.05, 3.63) is 0 Å². The fourth-order valence-corrected chi connectivity index (χ4v) is 1.06. The van der Waals surface area contributed by atoms with Crippen LogP contribution in [0.15, 0.2) is 0 Å². The first-order valence-corrected chi connectivity index (χ1v) is 4.39. The molecule has 0 aliphatic heterocycles. The number of hydrogen-bond donors (Lipinski definition) is 0. The molecule has 0 unspecified atom stereocenters. The highest BCUT2D eigenvalue weighted by Crippen LogP contribution is 1.98. The van der Waals surface area contributed by atoms with E-state index in [4.69, 9.17) is 4.74 Å². The van der Waals surface area contributed by atoms with E-state index in [2.05, 4.69) is 18.7 Å². The lowest BCUT2D eigenvalue weighted by Gasteiger charge is -2.24. The van der Waals surface area contributed by atoms with Gasteiger partial charge in [0.25, 0.3) is 0 Å². The summed E-state index contributed by atoms with van der Waals surface area (Å²) in [5, 5.41) is 0. The maximum absolute atomic E-state index is 10.1. The van der Waals surface area contributed by atoms with Crippen LogP contribution in [0.25, 0.3) is 0 Å². The average Bonchev–Trinajstić information content (AvgIpc) is 2.04. The SMILES string of the molecule is COCCN(CCC=O)C(C)C. The number of carbonyl (C=O) groups is 1. The fraction of sp³-hybridized carbons (Fsp3) is 0.889. The van der Waals surface area contributed by atoms with Crippen molar-refractivity contribution in [3.63, 3.8) is 0 Å². The van der Waals surface area contributed by atoms with E-state index in [0.29, 0.717) is 12.5 Å². The van der Waals surface area contributed by atoms with Gasteiger partial charge >= 0.3 is 0 Å². The Morgan fingerprint density at radius 1 is 1.42 bits per heavy atom. The molecule has 0 aliphatic rings. The molecule has 0 radical (unpaired) electrons. The van der Waals surface area contributed by atoms with Crippen molar-refractivity contribution >= 4 is 6.29 Å². The summed E-state index contributed by atoms with van der Waals surface area (Å²) in [5.41, 5.74) is 0. The van der Waals surface area contributed by atoms with Gasteiger partial charge in [-0.15, -0.1) is 0 Å². The van der Waals surface area contributed by atoms with Crippen molar-refractivity contribution in [1.29, 1.82) is 0 Å². The molecule has 0 aromatic carbocycles. The molecule has 0 amide bonds. The van der Waals surface area contributed by atoms with Crippen LogP contribution in [-0.2, 0) is 9.53 Å². The highest BCUT2D eigenvalue weighted by Gasteiger charge is 2.07. The van der Waals surface area contributed by atoms with Crippen LogP contribution in [0.5, 0.6) is 0 Å². The topological polar surface area (TPSA) is 29.5 Å². The summed E-state index contributed by atoms with van der Waals surface area (Å²) in [7, 11) is 1.69. The van der Waals surface area contributed by atoms with Crippen molar-refractivity contribution in [3.8, 4) is 0 Å². The minimum Gasteiger partial charge on any atom is -0.383 e. The molecule has 0 rings (SSSR count). The second-order valence-electron chi connectivity index (χ2n) is 3.08. The van der Waals surface area contributed by atoms with Crippen LogP contribution in [0.1, 0.15) is 20.3 Å². The summed E-state index contributed by atoms with van der Waals surface area (Å²) >= 11 is 0. The van der Waals surface area contributed by atoms with Crippen LogP contribution in [0.2, 0.25) is 0 Å². The predicted octanol–water partition coefficient (Wildman–Crippen LogP) is 0.932. The second-order valence-corrected chi connectivity index (χ2v) is 3.08. The number of hydrogen-bond acceptors (Lipinski definition) is 3. The molecule has 3 nitrogen and oxygen atoms in total. The monoisotopic (exact) mass is 173 g/mol. The van der Waals surface area contributed by atoms with E-state index in [9.17, 15) is 4.79 Å². The first-order valence-electron chi connectivity index (χ1n) is 4.39. The zero-order valence-corrected chi connectivity index (χ0v) is 8.25. The lowest BCUT2D eigenvalue weighted by Crippen LogP contribution is -2.34. The van der Waals surface area contributed by atoms with E-state index < -0.39 is 0 Å². The minimum atomic E-state index is 0.486. The summed E-state index contributed by atoms with van der Waals surface area (Å²) in [6, 6.07) is 0.486. The van der Waals surface area contributed by atoms with E-state index in [1.165, 1.54) is 0 Å². The molecule has 3 heteroatoms. The summed E-state index contributed by atoms with van der Waals surface area (Å²) in [5.74, 6) is 0. The number of carbonyl (C=O) groups excluding carboxylic acids is 1. The highest BCUT2D eigenvalue weighted by atomic mass is 16.5. The van der Waals surface area contributed by atoms with Crippen LogP contribution >= 0.6 is 0 Å². The molecule has 0 bridgehead atoms. The number of methoxy groups -OCH3 is 1. The summed E-state index contributed by atoms with van der Waals surface area (Å²) in [4.78, 5) is 12.4. The zero-order valence-electron chi connectivity index (χ0n) is 8.25. The molecule has 0 aliphatic carbocycles. The second kappa shape index (κ2) is 7.25. The number of nitrogens with zero attached hydrogens (tertiary/aromatic N) is 1. The molecule has 72 valence electrons. The molecule has 0 N–H and O–H groups in total. The van der Waals surface area contributed by atoms with Gasteiger partial charge in [-0.05, 0) is 13.8 Å². The lowest BCUT2D eigenvalue weighted by molar-refractivity contribution is -0.108. The Balaban J connectivity index is 3.61. The van der Waals surface area contributed by atoms with E-state index in [1.54, 1.807) is 7.11 Å². The normalized spacial score (nSPS) is 11.1. The summed E-state index contributed by atoms with van der Waals surface area (Å²) in [6.07, 6.45) is 1.57. The van der Waals surface area contributed by atoms with Crippen molar-refractivity contribution in [2.45, 2.75) is 26.3 Å². The van der Waals surface area contributed by atoms with E-state index in [-0.39, 0.29) is 0 Å². The molecular weight excluding hydrogens is 154 g/mol. The number of rotatable bonds is 7. The average molecular weight is 173 g/mol. The van der Waals surface area contributed by atoms with Gasteiger partial charge in [-0.1, -0.05) is 0 Å². The Kier molecular flexibility index (Phi) is 7.00. The predicted molar refractivity (Wildman–Crippen MR) is 49.3 cm³/mol. The Bertz CT molecular complexity index is 115. The van der Waals surface area contributed by atoms with Gasteiger partial charge in [0, 0.05) is 32.7 Å². The third-order valence-corrected chi connectivity index (χ3v) is 1.85. The third kappa shape index (κ3) is 5.27. The molecule has 0 aromatic rings. The molecule has 0 aromatic heterocycles. The van der Waals surface area contributed by atoms with Gasteiger partial charge in [0.2, 0.25) is 0 Å². The summed E-state index contributed by atoms with van der Waals surface area (Å²) in [6.45, 7) is 6.73. The van der Waals surface area contributed by atoms with Gasteiger partial charge in [-0.25, -0.2) is 0 Å². The van der Waals surface area contributed by atoms with Crippen LogP contribution in [0.4, 0.5) is 0 Å². The van der Waals surface area contributed by atoms with Gasteiger partial charge in [-0.3, -0.25) is 4.90 Å². The van der Waals surface area contributed by atoms with E-state index in [0.717, 1.165) is 26.0 Å². The van der Waals surface area contributed by atoms with Crippen LogP contribution in [0, 0.1) is 0 Å². The smallest absolute Gasteiger partial charge is 0.121 e. The van der Waals surface area contributed by atoms with Gasteiger partial charge in [0.15, 0.2) is 0 Å². The van der Waals surface area contributed by atoms with Gasteiger partial charge in [0.1, 0.15) is 6.29 Å².